The summed E-state index contributed by atoms with van der Waals surface area (Å²) in [6.45, 7) is 7.20. The van der Waals surface area contributed by atoms with Crippen molar-refractivity contribution < 1.29 is 0 Å². The van der Waals surface area contributed by atoms with Crippen molar-refractivity contribution in [3.63, 3.8) is 0 Å². The van der Waals surface area contributed by atoms with Gasteiger partial charge in [0.2, 0.25) is 0 Å². The second-order valence-electron chi connectivity index (χ2n) is 2.76. The van der Waals surface area contributed by atoms with Gasteiger partial charge in [0.25, 0.3) is 0 Å². The van der Waals surface area contributed by atoms with Crippen LogP contribution in [0.25, 0.3) is 5.57 Å². The molecule has 0 fully saturated rings. The third kappa shape index (κ3) is 2.62. The minimum absolute atomic E-state index is 0.773. The van der Waals surface area contributed by atoms with Crippen LogP contribution in [-0.4, -0.2) is 16.7 Å². The van der Waals surface area contributed by atoms with E-state index in [9.17, 15) is 0 Å². The van der Waals surface area contributed by atoms with Crippen molar-refractivity contribution in [2.24, 2.45) is 4.99 Å². The molecule has 0 N–H and O–H groups in total. The van der Waals surface area contributed by atoms with Crippen molar-refractivity contribution >= 4 is 12.3 Å². The van der Waals surface area contributed by atoms with E-state index in [-0.39, 0.29) is 0 Å². The summed E-state index contributed by atoms with van der Waals surface area (Å²) in [4.78, 5) is 11.9. The summed E-state index contributed by atoms with van der Waals surface area (Å²) in [5, 5.41) is 0. The molecule has 1 aromatic heterocycles. The average Bonchev–Trinajstić information content (AvgIpc) is 2.21. The molecule has 0 atom stereocenters. The summed E-state index contributed by atoms with van der Waals surface area (Å²) in [6.07, 6.45) is 9.10. The van der Waals surface area contributed by atoms with Gasteiger partial charge >= 0.3 is 0 Å². The first-order valence-corrected chi connectivity index (χ1v) is 4.35. The van der Waals surface area contributed by atoms with E-state index in [0.717, 1.165) is 17.0 Å². The minimum atomic E-state index is 0.773. The van der Waals surface area contributed by atoms with Crippen molar-refractivity contribution in [2.45, 2.75) is 13.8 Å². The number of hydrogen-bond donors (Lipinski definition) is 0. The fraction of sp³-hybridized carbons (Fsp3) is 0.182. The Balaban J connectivity index is 2.96. The van der Waals surface area contributed by atoms with Gasteiger partial charge in [-0.15, -0.1) is 0 Å². The van der Waals surface area contributed by atoms with Gasteiger partial charge in [0.1, 0.15) is 5.82 Å². The van der Waals surface area contributed by atoms with Crippen molar-refractivity contribution in [1.82, 2.24) is 9.97 Å². The van der Waals surface area contributed by atoms with E-state index in [1.807, 2.05) is 26.0 Å². The van der Waals surface area contributed by atoms with Crippen LogP contribution in [0, 0.1) is 6.92 Å². The normalized spacial score (nSPS) is 12.0. The molecule has 0 bridgehead atoms. The van der Waals surface area contributed by atoms with Gasteiger partial charge in [-0.3, -0.25) is 4.99 Å². The lowest BCUT2D eigenvalue weighted by Crippen LogP contribution is -1.89. The maximum Gasteiger partial charge on any atom is 0.125 e. The molecular weight excluding hydrogens is 174 g/mol. The topological polar surface area (TPSA) is 38.1 Å². The molecule has 0 saturated carbocycles. The Morgan fingerprint density at radius 3 is 2.57 bits per heavy atom. The molecule has 1 aromatic rings. The molecule has 0 unspecified atom stereocenters. The molecule has 0 aliphatic carbocycles. The number of rotatable bonds is 3. The van der Waals surface area contributed by atoms with Gasteiger partial charge in [0, 0.05) is 24.2 Å². The highest BCUT2D eigenvalue weighted by molar-refractivity contribution is 5.72. The Morgan fingerprint density at radius 2 is 2.07 bits per heavy atom. The largest absolute Gasteiger partial charge is 0.272 e. The van der Waals surface area contributed by atoms with Crippen LogP contribution in [0.1, 0.15) is 18.3 Å². The number of aryl methyl sites for hydroxylation is 1. The monoisotopic (exact) mass is 187 g/mol. The second kappa shape index (κ2) is 5.07. The standard InChI is InChI=1S/C11H13N3/c1-4-10(5-6-12-3)11-7-13-9(2)14-8-11/h4-8H,3H2,1-2H3/b6-5-,10-4+. The van der Waals surface area contributed by atoms with E-state index in [1.54, 1.807) is 18.6 Å². The van der Waals surface area contributed by atoms with Crippen molar-refractivity contribution in [3.05, 3.63) is 42.1 Å². The van der Waals surface area contributed by atoms with Crippen LogP contribution < -0.4 is 0 Å². The number of allylic oxidation sites excluding steroid dienone is 3. The Kier molecular flexibility index (Phi) is 3.73. The Hall–Kier alpha value is -1.77. The number of hydrogen-bond acceptors (Lipinski definition) is 3. The molecular formula is C11H13N3. The number of nitrogens with zero attached hydrogens (tertiary/aromatic N) is 3. The Labute approximate surface area is 83.9 Å². The minimum Gasteiger partial charge on any atom is -0.272 e. The predicted octanol–water partition coefficient (Wildman–Crippen LogP) is 2.40. The molecule has 0 aromatic carbocycles. The van der Waals surface area contributed by atoms with Crippen LogP contribution >= 0.6 is 0 Å². The first kappa shape index (κ1) is 10.3. The first-order valence-electron chi connectivity index (χ1n) is 4.35. The van der Waals surface area contributed by atoms with Crippen LogP contribution in [0.15, 0.2) is 35.7 Å². The van der Waals surface area contributed by atoms with Gasteiger partial charge in [0.05, 0.1) is 0 Å². The van der Waals surface area contributed by atoms with Gasteiger partial charge in [-0.05, 0) is 32.2 Å². The average molecular weight is 187 g/mol. The maximum atomic E-state index is 4.12. The molecule has 0 aliphatic rings. The van der Waals surface area contributed by atoms with Gasteiger partial charge in [-0.1, -0.05) is 6.08 Å². The lowest BCUT2D eigenvalue weighted by molar-refractivity contribution is 1.04. The smallest absolute Gasteiger partial charge is 0.125 e. The third-order valence-electron chi connectivity index (χ3n) is 1.78. The summed E-state index contributed by atoms with van der Waals surface area (Å²) in [5.41, 5.74) is 2.02. The van der Waals surface area contributed by atoms with E-state index in [4.69, 9.17) is 0 Å². The lowest BCUT2D eigenvalue weighted by Gasteiger charge is -2.00. The summed E-state index contributed by atoms with van der Waals surface area (Å²) >= 11 is 0. The predicted molar refractivity (Wildman–Crippen MR) is 59.1 cm³/mol. The molecule has 0 saturated heterocycles. The first-order chi connectivity index (χ1) is 6.77. The molecule has 3 nitrogen and oxygen atoms in total. The molecule has 0 aliphatic heterocycles. The zero-order valence-corrected chi connectivity index (χ0v) is 8.44. The molecule has 1 rings (SSSR count). The highest BCUT2D eigenvalue weighted by Crippen LogP contribution is 2.13. The molecule has 0 amide bonds. The molecule has 0 spiro atoms. The van der Waals surface area contributed by atoms with Crippen molar-refractivity contribution in [1.29, 1.82) is 0 Å². The highest BCUT2D eigenvalue weighted by Gasteiger charge is 1.97. The third-order valence-corrected chi connectivity index (χ3v) is 1.78. The number of aliphatic imine (C=N–C) groups is 1. The van der Waals surface area contributed by atoms with E-state index in [0.29, 0.717) is 0 Å². The molecule has 1 heterocycles. The number of aromatic nitrogens is 2. The summed E-state index contributed by atoms with van der Waals surface area (Å²) < 4.78 is 0. The lowest BCUT2D eigenvalue weighted by atomic mass is 10.1. The van der Waals surface area contributed by atoms with Crippen molar-refractivity contribution in [2.75, 3.05) is 0 Å². The van der Waals surface area contributed by atoms with Gasteiger partial charge in [-0.2, -0.15) is 0 Å². The van der Waals surface area contributed by atoms with E-state index >= 15 is 0 Å². The maximum absolute atomic E-state index is 4.12. The zero-order valence-electron chi connectivity index (χ0n) is 8.44. The van der Waals surface area contributed by atoms with E-state index < -0.39 is 0 Å². The quantitative estimate of drug-likeness (QED) is 0.538. The summed E-state index contributed by atoms with van der Waals surface area (Å²) in [7, 11) is 0. The van der Waals surface area contributed by atoms with Crippen LogP contribution in [0.2, 0.25) is 0 Å². The second-order valence-corrected chi connectivity index (χ2v) is 2.76. The van der Waals surface area contributed by atoms with Crippen LogP contribution in [-0.2, 0) is 0 Å². The highest BCUT2D eigenvalue weighted by atomic mass is 14.8. The van der Waals surface area contributed by atoms with Crippen molar-refractivity contribution in [3.8, 4) is 0 Å². The SMILES string of the molecule is C=N/C=C\C(=C/C)c1cnc(C)nc1. The van der Waals surface area contributed by atoms with E-state index in [2.05, 4.69) is 21.7 Å². The van der Waals surface area contributed by atoms with Crippen LogP contribution in [0.5, 0.6) is 0 Å². The molecule has 14 heavy (non-hydrogen) atoms. The van der Waals surface area contributed by atoms with E-state index in [1.165, 1.54) is 0 Å². The molecule has 0 radical (unpaired) electrons. The molecule has 3 heteroatoms. The fourth-order valence-corrected chi connectivity index (χ4v) is 1.03. The van der Waals surface area contributed by atoms with Crippen LogP contribution in [0.4, 0.5) is 0 Å². The summed E-state index contributed by atoms with van der Waals surface area (Å²) in [5.74, 6) is 0.773. The fourth-order valence-electron chi connectivity index (χ4n) is 1.03. The Bertz CT molecular complexity index is 361. The summed E-state index contributed by atoms with van der Waals surface area (Å²) in [6, 6.07) is 0. The van der Waals surface area contributed by atoms with Crippen LogP contribution in [0.3, 0.4) is 0 Å². The van der Waals surface area contributed by atoms with Gasteiger partial charge in [-0.25, -0.2) is 9.97 Å². The van der Waals surface area contributed by atoms with Gasteiger partial charge < -0.3 is 0 Å². The molecule has 72 valence electrons. The zero-order chi connectivity index (χ0) is 10.4. The Morgan fingerprint density at radius 1 is 1.43 bits per heavy atom. The van der Waals surface area contributed by atoms with Gasteiger partial charge in [0.15, 0.2) is 0 Å².